The van der Waals surface area contributed by atoms with Crippen LogP contribution in [-0.2, 0) is 15.7 Å². The monoisotopic (exact) mass is 348 g/mol. The van der Waals surface area contributed by atoms with Gasteiger partial charge in [0.25, 0.3) is 0 Å². The quantitative estimate of drug-likeness (QED) is 0.659. The fourth-order valence-corrected chi connectivity index (χ4v) is 2.13. The Bertz CT molecular complexity index is 402. The molecule has 0 radical (unpaired) electrons. The van der Waals surface area contributed by atoms with Gasteiger partial charge in [0, 0.05) is 0 Å². The Balaban J connectivity index is 3.10. The van der Waals surface area contributed by atoms with Crippen molar-refractivity contribution in [2.75, 3.05) is 7.11 Å². The zero-order chi connectivity index (χ0) is 12.5. The molecule has 8 heteroatoms. The van der Waals surface area contributed by atoms with Crippen LogP contribution in [0.25, 0.3) is 0 Å². The van der Waals surface area contributed by atoms with Crippen LogP contribution >= 0.6 is 22.6 Å². The molecule has 0 fully saturated rings. The lowest BCUT2D eigenvalue weighted by Gasteiger charge is -2.07. The second kappa shape index (κ2) is 4.60. The highest BCUT2D eigenvalue weighted by Gasteiger charge is 2.38. The minimum absolute atomic E-state index is 0.108. The zero-order valence-corrected chi connectivity index (χ0v) is 10.5. The van der Waals surface area contributed by atoms with Gasteiger partial charge >= 0.3 is 12.1 Å². The molecule has 1 N–H and O–H groups in total. The Morgan fingerprint density at radius 3 is 2.50 bits per heavy atom. The predicted molar refractivity (Wildman–Crippen MR) is 56.7 cm³/mol. The Morgan fingerprint density at radius 2 is 2.12 bits per heavy atom. The van der Waals surface area contributed by atoms with Gasteiger partial charge in [0.1, 0.15) is 0 Å². The van der Waals surface area contributed by atoms with E-state index in [1.54, 1.807) is 0 Å². The number of nitrogens with one attached hydrogen (secondary N) is 1. The summed E-state index contributed by atoms with van der Waals surface area (Å²) in [6, 6.07) is 0. The molecule has 0 bridgehead atoms. The van der Waals surface area contributed by atoms with Crippen LogP contribution in [0.3, 0.4) is 0 Å². The molecule has 1 aromatic rings. The number of rotatable bonds is 2. The Kier molecular flexibility index (Phi) is 3.81. The topological polar surface area (TPSA) is 55.0 Å². The van der Waals surface area contributed by atoms with E-state index in [0.29, 0.717) is 0 Å². The van der Waals surface area contributed by atoms with Crippen molar-refractivity contribution in [2.24, 2.45) is 0 Å². The van der Waals surface area contributed by atoms with Crippen molar-refractivity contribution in [3.8, 4) is 0 Å². The molecule has 1 unspecified atom stereocenters. The van der Waals surface area contributed by atoms with E-state index in [1.165, 1.54) is 36.6 Å². The SMILES string of the molecule is COC(=O)C(C)c1[nH]nc(C(F)(F)F)c1I. The van der Waals surface area contributed by atoms with E-state index in [9.17, 15) is 18.0 Å². The highest BCUT2D eigenvalue weighted by atomic mass is 127. The highest BCUT2D eigenvalue weighted by Crippen LogP contribution is 2.34. The molecule has 4 nitrogen and oxygen atoms in total. The van der Waals surface area contributed by atoms with Gasteiger partial charge in [-0.2, -0.15) is 18.3 Å². The lowest BCUT2D eigenvalue weighted by atomic mass is 10.1. The number of alkyl halides is 3. The number of hydrogen-bond acceptors (Lipinski definition) is 3. The average Bonchev–Trinajstić information content (AvgIpc) is 2.57. The van der Waals surface area contributed by atoms with Crippen LogP contribution < -0.4 is 0 Å². The summed E-state index contributed by atoms with van der Waals surface area (Å²) >= 11 is 1.50. The van der Waals surface area contributed by atoms with E-state index in [4.69, 9.17) is 0 Å². The molecule has 0 aromatic carbocycles. The first-order chi connectivity index (χ1) is 7.29. The smallest absolute Gasteiger partial charge is 0.436 e. The van der Waals surface area contributed by atoms with E-state index >= 15 is 0 Å². The second-order valence-corrected chi connectivity index (χ2v) is 4.12. The van der Waals surface area contributed by atoms with Crippen LogP contribution in [0.15, 0.2) is 0 Å². The van der Waals surface area contributed by atoms with Crippen molar-refractivity contribution >= 4 is 28.6 Å². The van der Waals surface area contributed by atoms with Crippen molar-refractivity contribution < 1.29 is 22.7 Å². The molecule has 1 rings (SSSR count). The first kappa shape index (κ1) is 13.3. The van der Waals surface area contributed by atoms with Crippen molar-refractivity contribution in [2.45, 2.75) is 19.0 Å². The van der Waals surface area contributed by atoms with Crippen LogP contribution in [0.5, 0.6) is 0 Å². The Hall–Kier alpha value is -0.800. The lowest BCUT2D eigenvalue weighted by Crippen LogP contribution is -2.13. The summed E-state index contributed by atoms with van der Waals surface area (Å²) < 4.78 is 41.6. The predicted octanol–water partition coefficient (Wildman–Crippen LogP) is 2.31. The Labute approximate surface area is 103 Å². The molecule has 0 aliphatic carbocycles. The molecule has 0 amide bonds. The van der Waals surface area contributed by atoms with Gasteiger partial charge in [0.2, 0.25) is 0 Å². The maximum Gasteiger partial charge on any atom is 0.436 e. The number of ether oxygens (including phenoxy) is 1. The van der Waals surface area contributed by atoms with Crippen molar-refractivity contribution in [3.63, 3.8) is 0 Å². The van der Waals surface area contributed by atoms with Gasteiger partial charge in [0.15, 0.2) is 5.69 Å². The van der Waals surface area contributed by atoms with E-state index in [-0.39, 0.29) is 9.26 Å². The fraction of sp³-hybridized carbons (Fsp3) is 0.500. The maximum absolute atomic E-state index is 12.4. The largest absolute Gasteiger partial charge is 0.469 e. The minimum atomic E-state index is -4.53. The molecule has 1 heterocycles. The number of aromatic nitrogens is 2. The summed E-state index contributed by atoms with van der Waals surface area (Å²) in [5.74, 6) is -1.42. The van der Waals surface area contributed by atoms with Crippen LogP contribution in [0.2, 0.25) is 0 Å². The number of H-pyrrole nitrogens is 1. The number of esters is 1. The van der Waals surface area contributed by atoms with E-state index < -0.39 is 23.8 Å². The zero-order valence-electron chi connectivity index (χ0n) is 8.35. The number of halogens is 4. The van der Waals surface area contributed by atoms with Gasteiger partial charge in [-0.3, -0.25) is 9.89 Å². The van der Waals surface area contributed by atoms with Gasteiger partial charge in [-0.25, -0.2) is 0 Å². The molecular formula is C8H8F3IN2O2. The highest BCUT2D eigenvalue weighted by molar-refractivity contribution is 14.1. The number of hydrogen-bond donors (Lipinski definition) is 1. The van der Waals surface area contributed by atoms with Crippen LogP contribution in [0.1, 0.15) is 24.2 Å². The van der Waals surface area contributed by atoms with Crippen LogP contribution in [0.4, 0.5) is 13.2 Å². The molecule has 0 saturated heterocycles. The van der Waals surface area contributed by atoms with Gasteiger partial charge in [-0.1, -0.05) is 0 Å². The summed E-state index contributed by atoms with van der Waals surface area (Å²) in [6.07, 6.45) is -4.53. The summed E-state index contributed by atoms with van der Waals surface area (Å²) in [5.41, 5.74) is -0.904. The molecule has 1 atom stereocenters. The third-order valence-electron chi connectivity index (χ3n) is 1.99. The molecule has 0 saturated carbocycles. The Morgan fingerprint density at radius 1 is 1.56 bits per heavy atom. The number of methoxy groups -OCH3 is 1. The summed E-state index contributed by atoms with van der Waals surface area (Å²) in [6.45, 7) is 1.45. The second-order valence-electron chi connectivity index (χ2n) is 3.04. The van der Waals surface area contributed by atoms with Gasteiger partial charge in [-0.05, 0) is 29.5 Å². The maximum atomic E-state index is 12.4. The molecule has 16 heavy (non-hydrogen) atoms. The molecule has 0 aliphatic heterocycles. The van der Waals surface area contributed by atoms with Gasteiger partial charge < -0.3 is 4.74 Å². The standard InChI is InChI=1S/C8H8F3IN2O2/c1-3(7(15)16-2)5-4(12)6(14-13-5)8(9,10)11/h3H,1-2H3,(H,13,14). The van der Waals surface area contributed by atoms with Crippen LogP contribution in [-0.4, -0.2) is 23.3 Å². The number of nitrogens with zero attached hydrogens (tertiary/aromatic N) is 1. The third kappa shape index (κ3) is 2.47. The van der Waals surface area contributed by atoms with Crippen molar-refractivity contribution in [1.29, 1.82) is 0 Å². The van der Waals surface area contributed by atoms with E-state index in [0.717, 1.165) is 0 Å². The van der Waals surface area contributed by atoms with Crippen molar-refractivity contribution in [3.05, 3.63) is 15.0 Å². The number of carbonyl (C=O) groups is 1. The lowest BCUT2D eigenvalue weighted by molar-refractivity contribution is -0.143. The first-order valence-electron chi connectivity index (χ1n) is 4.17. The minimum Gasteiger partial charge on any atom is -0.469 e. The van der Waals surface area contributed by atoms with E-state index in [1.807, 2.05) is 0 Å². The normalized spacial score (nSPS) is 13.6. The average molecular weight is 348 g/mol. The number of aromatic amines is 1. The van der Waals surface area contributed by atoms with Gasteiger partial charge in [-0.15, -0.1) is 0 Å². The summed E-state index contributed by atoms with van der Waals surface area (Å²) in [4.78, 5) is 11.2. The summed E-state index contributed by atoms with van der Waals surface area (Å²) in [7, 11) is 1.17. The van der Waals surface area contributed by atoms with E-state index in [2.05, 4.69) is 14.9 Å². The molecule has 90 valence electrons. The molecule has 0 aliphatic rings. The fourth-order valence-electron chi connectivity index (χ4n) is 1.11. The summed E-state index contributed by atoms with van der Waals surface area (Å²) in [5, 5.41) is 5.38. The first-order valence-corrected chi connectivity index (χ1v) is 5.25. The number of carbonyl (C=O) groups excluding carboxylic acids is 1. The van der Waals surface area contributed by atoms with Crippen LogP contribution in [0, 0.1) is 3.57 Å². The molecule has 1 aromatic heterocycles. The third-order valence-corrected chi connectivity index (χ3v) is 3.08. The molecule has 0 spiro atoms. The van der Waals surface area contributed by atoms with Crippen molar-refractivity contribution in [1.82, 2.24) is 10.2 Å². The van der Waals surface area contributed by atoms with Gasteiger partial charge in [0.05, 0.1) is 22.3 Å². The molecular weight excluding hydrogens is 340 g/mol.